The molecule has 0 aliphatic heterocycles. The van der Waals surface area contributed by atoms with E-state index in [2.05, 4.69) is 45.0 Å². The molecule has 0 aliphatic rings. The number of hydrogen-bond acceptors (Lipinski definition) is 0. The molecule has 0 unspecified atom stereocenters. The molecule has 11 heavy (non-hydrogen) atoms. The van der Waals surface area contributed by atoms with Crippen LogP contribution in [-0.2, 0) is 0 Å². The minimum atomic E-state index is 0. The molecular weight excluding hydrogens is 132 g/mol. The van der Waals surface area contributed by atoms with E-state index >= 15 is 0 Å². The van der Waals surface area contributed by atoms with Gasteiger partial charge in [-0.25, -0.2) is 0 Å². The van der Waals surface area contributed by atoms with Crippen LogP contribution in [0.3, 0.4) is 0 Å². The molecule has 0 bridgehead atoms. The molecule has 0 N–H and O–H groups in total. The second-order valence-electron chi connectivity index (χ2n) is 3.07. The van der Waals surface area contributed by atoms with Crippen molar-refractivity contribution in [3.63, 3.8) is 0 Å². The fourth-order valence-corrected chi connectivity index (χ4v) is 1.03. The molecule has 0 radical (unpaired) electrons. The van der Waals surface area contributed by atoms with Gasteiger partial charge in [-0.15, -0.1) is 0 Å². The second kappa shape index (κ2) is 4.17. The predicted octanol–water partition coefficient (Wildman–Crippen LogP) is 3.75. The first-order chi connectivity index (χ1) is 4.70. The monoisotopic (exact) mass is 150 g/mol. The van der Waals surface area contributed by atoms with Crippen molar-refractivity contribution in [2.24, 2.45) is 0 Å². The van der Waals surface area contributed by atoms with Gasteiger partial charge in [-0.2, -0.15) is 0 Å². The summed E-state index contributed by atoms with van der Waals surface area (Å²) < 4.78 is 0. The van der Waals surface area contributed by atoms with Crippen LogP contribution < -0.4 is 0 Å². The Bertz CT molecular complexity index is 211. The predicted molar refractivity (Wildman–Crippen MR) is 52.0 cm³/mol. The highest BCUT2D eigenvalue weighted by atomic mass is 14.0. The van der Waals surface area contributed by atoms with Gasteiger partial charge in [0.05, 0.1) is 0 Å². The quantitative estimate of drug-likeness (QED) is 0.572. The van der Waals surface area contributed by atoms with Crippen LogP contribution in [0.15, 0.2) is 24.3 Å². The smallest absolute Gasteiger partial charge is 0.0219 e. The van der Waals surface area contributed by atoms with E-state index in [1.165, 1.54) is 11.1 Å². The lowest BCUT2D eigenvalue weighted by molar-refractivity contribution is 0.865. The summed E-state index contributed by atoms with van der Waals surface area (Å²) in [6.07, 6.45) is 0. The Morgan fingerprint density at radius 2 is 1.82 bits per heavy atom. The molecule has 0 aliphatic carbocycles. The van der Waals surface area contributed by atoms with E-state index in [9.17, 15) is 0 Å². The van der Waals surface area contributed by atoms with Gasteiger partial charge in [-0.3, -0.25) is 0 Å². The molecule has 0 nitrogen and oxygen atoms in total. The molecular formula is C11H18. The summed E-state index contributed by atoms with van der Waals surface area (Å²) in [5.41, 5.74) is 2.78. The molecule has 1 aromatic rings. The average molecular weight is 150 g/mol. The van der Waals surface area contributed by atoms with Crippen molar-refractivity contribution in [3.05, 3.63) is 35.4 Å². The highest BCUT2D eigenvalue weighted by molar-refractivity contribution is 5.24. The van der Waals surface area contributed by atoms with Crippen LogP contribution in [0.5, 0.6) is 0 Å². The molecule has 0 fully saturated rings. The van der Waals surface area contributed by atoms with Crippen LogP contribution in [0.1, 0.15) is 38.3 Å². The molecule has 62 valence electrons. The highest BCUT2D eigenvalue weighted by Gasteiger charge is 1.96. The Kier molecular flexibility index (Phi) is 3.88. The first-order valence-corrected chi connectivity index (χ1v) is 3.76. The maximum absolute atomic E-state index is 2.24. The summed E-state index contributed by atoms with van der Waals surface area (Å²) in [5, 5.41) is 0. The van der Waals surface area contributed by atoms with Gasteiger partial charge in [0.1, 0.15) is 0 Å². The van der Waals surface area contributed by atoms with E-state index in [1.54, 1.807) is 0 Å². The normalized spacial score (nSPS) is 9.45. The van der Waals surface area contributed by atoms with Crippen LogP contribution in [0, 0.1) is 6.92 Å². The lowest BCUT2D eigenvalue weighted by atomic mass is 10.0. The molecule has 0 amide bonds. The molecule has 0 aromatic heterocycles. The second-order valence-corrected chi connectivity index (χ2v) is 3.07. The average Bonchev–Trinajstić information content (AvgIpc) is 1.88. The first kappa shape index (κ1) is 10.2. The van der Waals surface area contributed by atoms with Crippen LogP contribution in [0.4, 0.5) is 0 Å². The van der Waals surface area contributed by atoms with E-state index in [4.69, 9.17) is 0 Å². The van der Waals surface area contributed by atoms with Crippen LogP contribution in [-0.4, -0.2) is 0 Å². The van der Waals surface area contributed by atoms with E-state index in [-0.39, 0.29) is 7.43 Å². The zero-order valence-corrected chi connectivity index (χ0v) is 6.89. The first-order valence-electron chi connectivity index (χ1n) is 3.76. The van der Waals surface area contributed by atoms with Gasteiger partial charge in [0.2, 0.25) is 0 Å². The summed E-state index contributed by atoms with van der Waals surface area (Å²) in [6, 6.07) is 8.67. The van der Waals surface area contributed by atoms with E-state index in [1.807, 2.05) is 0 Å². The highest BCUT2D eigenvalue weighted by Crippen LogP contribution is 2.14. The minimum absolute atomic E-state index is 0. The fourth-order valence-electron chi connectivity index (χ4n) is 1.03. The maximum atomic E-state index is 2.24. The van der Waals surface area contributed by atoms with E-state index < -0.39 is 0 Å². The van der Waals surface area contributed by atoms with Crippen LogP contribution in [0.25, 0.3) is 0 Å². The Balaban J connectivity index is 0.000001000. The third-order valence-corrected chi connectivity index (χ3v) is 1.71. The van der Waals surface area contributed by atoms with Gasteiger partial charge in [-0.05, 0) is 18.4 Å². The summed E-state index contributed by atoms with van der Waals surface area (Å²) >= 11 is 0. The molecule has 1 aromatic carbocycles. The Hall–Kier alpha value is -0.780. The molecule has 0 spiro atoms. The van der Waals surface area contributed by atoms with Gasteiger partial charge in [0.15, 0.2) is 0 Å². The third-order valence-electron chi connectivity index (χ3n) is 1.71. The standard InChI is InChI=1S/C10H14.CH4/c1-8(2)10-6-4-5-9(3)7-10;/h4-8H,1-3H3;1H4. The van der Waals surface area contributed by atoms with Crippen molar-refractivity contribution in [3.8, 4) is 0 Å². The Morgan fingerprint density at radius 1 is 1.18 bits per heavy atom. The van der Waals surface area contributed by atoms with Crippen LogP contribution >= 0.6 is 0 Å². The zero-order valence-electron chi connectivity index (χ0n) is 6.89. The lowest BCUT2D eigenvalue weighted by Gasteiger charge is -2.04. The van der Waals surface area contributed by atoms with E-state index in [0.29, 0.717) is 5.92 Å². The molecule has 0 saturated heterocycles. The molecule has 0 heterocycles. The minimum Gasteiger partial charge on any atom is -0.0776 e. The van der Waals surface area contributed by atoms with Crippen molar-refractivity contribution in [2.75, 3.05) is 0 Å². The van der Waals surface area contributed by atoms with Gasteiger partial charge in [0.25, 0.3) is 0 Å². The topological polar surface area (TPSA) is 0 Å². The summed E-state index contributed by atoms with van der Waals surface area (Å²) in [4.78, 5) is 0. The number of rotatable bonds is 1. The maximum Gasteiger partial charge on any atom is -0.0219 e. The number of benzene rings is 1. The largest absolute Gasteiger partial charge is 0.0776 e. The van der Waals surface area contributed by atoms with Crippen molar-refractivity contribution < 1.29 is 0 Å². The Labute approximate surface area is 70.3 Å². The molecule has 0 heteroatoms. The van der Waals surface area contributed by atoms with Gasteiger partial charge in [-0.1, -0.05) is 51.1 Å². The van der Waals surface area contributed by atoms with Crippen LogP contribution in [0.2, 0.25) is 0 Å². The van der Waals surface area contributed by atoms with Crippen molar-refractivity contribution in [1.29, 1.82) is 0 Å². The summed E-state index contributed by atoms with van der Waals surface area (Å²) in [5.74, 6) is 0.653. The van der Waals surface area contributed by atoms with Crippen molar-refractivity contribution in [2.45, 2.75) is 34.1 Å². The molecule has 0 saturated carbocycles. The van der Waals surface area contributed by atoms with Crippen molar-refractivity contribution >= 4 is 0 Å². The molecule has 0 atom stereocenters. The molecule has 1 rings (SSSR count). The number of aryl methyl sites for hydroxylation is 1. The van der Waals surface area contributed by atoms with E-state index in [0.717, 1.165) is 0 Å². The zero-order chi connectivity index (χ0) is 7.56. The third kappa shape index (κ3) is 2.75. The number of hydrogen-bond donors (Lipinski definition) is 0. The van der Waals surface area contributed by atoms with Crippen molar-refractivity contribution in [1.82, 2.24) is 0 Å². The van der Waals surface area contributed by atoms with Gasteiger partial charge >= 0.3 is 0 Å². The SMILES string of the molecule is C.Cc1cccc(C(C)C)c1. The fraction of sp³-hybridized carbons (Fsp3) is 0.455. The lowest BCUT2D eigenvalue weighted by Crippen LogP contribution is -1.86. The summed E-state index contributed by atoms with van der Waals surface area (Å²) in [6.45, 7) is 6.56. The summed E-state index contributed by atoms with van der Waals surface area (Å²) in [7, 11) is 0. The van der Waals surface area contributed by atoms with Gasteiger partial charge < -0.3 is 0 Å². The Morgan fingerprint density at radius 3 is 2.18 bits per heavy atom. The van der Waals surface area contributed by atoms with Gasteiger partial charge in [0, 0.05) is 0 Å².